The molecular weight excluding hydrogens is 274 g/mol. The van der Waals surface area contributed by atoms with Crippen LogP contribution >= 0.6 is 0 Å². The van der Waals surface area contributed by atoms with Gasteiger partial charge in [0.25, 0.3) is 0 Å². The van der Waals surface area contributed by atoms with Crippen molar-refractivity contribution >= 4 is 11.0 Å². The van der Waals surface area contributed by atoms with E-state index in [1.807, 2.05) is 37.8 Å². The summed E-state index contributed by atoms with van der Waals surface area (Å²) in [5, 5.41) is 8.51. The zero-order chi connectivity index (χ0) is 14.9. The van der Waals surface area contributed by atoms with Gasteiger partial charge in [0.2, 0.25) is 0 Å². The first kappa shape index (κ1) is 12.8. The SMILES string of the molecule is Cn1nnc2c(C(c3ccccc3)n3ccnc3)cccc21. The van der Waals surface area contributed by atoms with E-state index in [1.54, 1.807) is 10.9 Å². The Morgan fingerprint density at radius 3 is 2.64 bits per heavy atom. The van der Waals surface area contributed by atoms with Crippen LogP contribution in [0, 0.1) is 0 Å². The Kier molecular flexibility index (Phi) is 2.96. The van der Waals surface area contributed by atoms with Gasteiger partial charge in [0, 0.05) is 25.0 Å². The Labute approximate surface area is 127 Å². The summed E-state index contributed by atoms with van der Waals surface area (Å²) in [5.41, 5.74) is 4.26. The van der Waals surface area contributed by atoms with Crippen LogP contribution in [0.5, 0.6) is 0 Å². The lowest BCUT2D eigenvalue weighted by Crippen LogP contribution is -2.11. The number of imidazole rings is 1. The third-order valence-corrected chi connectivity index (χ3v) is 3.91. The van der Waals surface area contributed by atoms with Gasteiger partial charge in [-0.2, -0.15) is 0 Å². The van der Waals surface area contributed by atoms with Gasteiger partial charge in [0.1, 0.15) is 5.52 Å². The Morgan fingerprint density at radius 2 is 1.86 bits per heavy atom. The molecule has 0 aliphatic heterocycles. The summed E-state index contributed by atoms with van der Waals surface area (Å²) in [6, 6.07) is 16.6. The minimum atomic E-state index is 0.0316. The first-order chi connectivity index (χ1) is 10.8. The first-order valence-corrected chi connectivity index (χ1v) is 7.15. The van der Waals surface area contributed by atoms with Gasteiger partial charge in [0.05, 0.1) is 17.9 Å². The quantitative estimate of drug-likeness (QED) is 0.582. The van der Waals surface area contributed by atoms with Crippen LogP contribution in [0.2, 0.25) is 0 Å². The minimum absolute atomic E-state index is 0.0316. The fraction of sp³-hybridized carbons (Fsp3) is 0.118. The molecule has 0 aliphatic carbocycles. The fourth-order valence-corrected chi connectivity index (χ4v) is 2.87. The van der Waals surface area contributed by atoms with E-state index in [0.29, 0.717) is 0 Å². The Balaban J connectivity index is 1.98. The molecule has 0 saturated heterocycles. The lowest BCUT2D eigenvalue weighted by molar-refractivity contribution is 0.679. The monoisotopic (exact) mass is 289 g/mol. The van der Waals surface area contributed by atoms with Crippen LogP contribution in [0.15, 0.2) is 67.3 Å². The maximum absolute atomic E-state index is 4.35. The van der Waals surface area contributed by atoms with Crippen molar-refractivity contribution in [1.82, 2.24) is 24.5 Å². The molecule has 0 radical (unpaired) electrons. The van der Waals surface area contributed by atoms with Crippen LogP contribution in [-0.4, -0.2) is 24.5 Å². The van der Waals surface area contributed by atoms with E-state index in [4.69, 9.17) is 0 Å². The average molecular weight is 289 g/mol. The molecule has 0 saturated carbocycles. The van der Waals surface area contributed by atoms with Crippen molar-refractivity contribution in [2.45, 2.75) is 6.04 Å². The molecule has 108 valence electrons. The van der Waals surface area contributed by atoms with E-state index in [-0.39, 0.29) is 6.04 Å². The molecule has 0 spiro atoms. The number of benzene rings is 2. The van der Waals surface area contributed by atoms with Gasteiger partial charge in [-0.05, 0) is 11.6 Å². The lowest BCUT2D eigenvalue weighted by atomic mass is 9.97. The summed E-state index contributed by atoms with van der Waals surface area (Å²) in [7, 11) is 1.91. The van der Waals surface area contributed by atoms with Crippen LogP contribution in [0.3, 0.4) is 0 Å². The molecule has 4 aromatic rings. The van der Waals surface area contributed by atoms with Crippen molar-refractivity contribution in [1.29, 1.82) is 0 Å². The second-order valence-corrected chi connectivity index (χ2v) is 5.25. The van der Waals surface area contributed by atoms with Crippen LogP contribution in [0.25, 0.3) is 11.0 Å². The van der Waals surface area contributed by atoms with E-state index >= 15 is 0 Å². The fourth-order valence-electron chi connectivity index (χ4n) is 2.87. The lowest BCUT2D eigenvalue weighted by Gasteiger charge is -2.19. The van der Waals surface area contributed by atoms with Gasteiger partial charge in [-0.3, -0.25) is 0 Å². The predicted molar refractivity (Wildman–Crippen MR) is 84.4 cm³/mol. The standard InChI is InChI=1S/C17H15N5/c1-21-15-9-5-8-14(16(15)19-20-21)17(22-11-10-18-12-22)13-6-3-2-4-7-13/h2-12,17H,1H3. The molecule has 0 amide bonds. The highest BCUT2D eigenvalue weighted by atomic mass is 15.4. The van der Waals surface area contributed by atoms with Gasteiger partial charge >= 0.3 is 0 Å². The number of hydrogen-bond donors (Lipinski definition) is 0. The predicted octanol–water partition coefficient (Wildman–Crippen LogP) is 2.80. The number of aryl methyl sites for hydroxylation is 1. The van der Waals surface area contributed by atoms with E-state index in [0.717, 1.165) is 16.6 Å². The smallest absolute Gasteiger partial charge is 0.118 e. The summed E-state index contributed by atoms with van der Waals surface area (Å²) in [5.74, 6) is 0. The van der Waals surface area contributed by atoms with E-state index in [1.165, 1.54) is 5.56 Å². The minimum Gasteiger partial charge on any atom is -0.326 e. The topological polar surface area (TPSA) is 48.5 Å². The second kappa shape index (κ2) is 5.11. The molecule has 1 unspecified atom stereocenters. The van der Waals surface area contributed by atoms with Crippen molar-refractivity contribution < 1.29 is 0 Å². The van der Waals surface area contributed by atoms with E-state index in [2.05, 4.69) is 50.2 Å². The highest BCUT2D eigenvalue weighted by Crippen LogP contribution is 2.30. The van der Waals surface area contributed by atoms with Crippen LogP contribution in [-0.2, 0) is 7.05 Å². The normalized spacial score (nSPS) is 12.6. The summed E-state index contributed by atoms with van der Waals surface area (Å²) >= 11 is 0. The van der Waals surface area contributed by atoms with Crippen LogP contribution in [0.4, 0.5) is 0 Å². The molecular formula is C17H15N5. The van der Waals surface area contributed by atoms with Gasteiger partial charge in [0.15, 0.2) is 0 Å². The van der Waals surface area contributed by atoms with Gasteiger partial charge < -0.3 is 4.57 Å². The van der Waals surface area contributed by atoms with Crippen molar-refractivity contribution in [3.8, 4) is 0 Å². The molecule has 5 heteroatoms. The number of rotatable bonds is 3. The number of hydrogen-bond acceptors (Lipinski definition) is 3. The molecule has 1 atom stereocenters. The molecule has 2 aromatic carbocycles. The highest BCUT2D eigenvalue weighted by Gasteiger charge is 2.20. The zero-order valence-corrected chi connectivity index (χ0v) is 12.2. The Morgan fingerprint density at radius 1 is 1.00 bits per heavy atom. The van der Waals surface area contributed by atoms with Crippen molar-refractivity contribution in [2.75, 3.05) is 0 Å². The summed E-state index contributed by atoms with van der Waals surface area (Å²) in [6.07, 6.45) is 5.62. The number of fused-ring (bicyclic) bond motifs is 1. The van der Waals surface area contributed by atoms with Crippen molar-refractivity contribution in [3.05, 3.63) is 78.4 Å². The van der Waals surface area contributed by atoms with E-state index < -0.39 is 0 Å². The summed E-state index contributed by atoms with van der Waals surface area (Å²) < 4.78 is 3.90. The largest absolute Gasteiger partial charge is 0.326 e. The first-order valence-electron chi connectivity index (χ1n) is 7.15. The maximum atomic E-state index is 4.35. The third kappa shape index (κ3) is 1.98. The second-order valence-electron chi connectivity index (χ2n) is 5.25. The molecule has 2 heterocycles. The molecule has 2 aromatic heterocycles. The molecule has 5 nitrogen and oxygen atoms in total. The van der Waals surface area contributed by atoms with Crippen molar-refractivity contribution in [3.63, 3.8) is 0 Å². The van der Waals surface area contributed by atoms with Crippen LogP contribution < -0.4 is 0 Å². The summed E-state index contributed by atoms with van der Waals surface area (Å²) in [6.45, 7) is 0. The number of aromatic nitrogens is 5. The highest BCUT2D eigenvalue weighted by molar-refractivity contribution is 5.79. The van der Waals surface area contributed by atoms with Crippen molar-refractivity contribution in [2.24, 2.45) is 7.05 Å². The summed E-state index contributed by atoms with van der Waals surface area (Å²) in [4.78, 5) is 4.20. The molecule has 0 N–H and O–H groups in total. The Bertz CT molecular complexity index is 893. The van der Waals surface area contributed by atoms with E-state index in [9.17, 15) is 0 Å². The molecule has 0 bridgehead atoms. The molecule has 22 heavy (non-hydrogen) atoms. The average Bonchev–Trinajstić information content (AvgIpc) is 3.20. The molecule has 4 rings (SSSR count). The molecule has 0 aliphatic rings. The Hall–Kier alpha value is -2.95. The van der Waals surface area contributed by atoms with Gasteiger partial charge in [-0.25, -0.2) is 9.67 Å². The van der Waals surface area contributed by atoms with Gasteiger partial charge in [-0.1, -0.05) is 47.7 Å². The molecule has 0 fully saturated rings. The van der Waals surface area contributed by atoms with Crippen LogP contribution in [0.1, 0.15) is 17.2 Å². The van der Waals surface area contributed by atoms with Gasteiger partial charge in [-0.15, -0.1) is 5.10 Å². The third-order valence-electron chi connectivity index (χ3n) is 3.91. The maximum Gasteiger partial charge on any atom is 0.118 e. The zero-order valence-electron chi connectivity index (χ0n) is 12.2. The number of nitrogens with zero attached hydrogens (tertiary/aromatic N) is 5.